The minimum Gasteiger partial charge on any atom is -0.452 e. The topological polar surface area (TPSA) is 84.0 Å². The van der Waals surface area contributed by atoms with Crippen LogP contribution in [0.15, 0.2) is 53.4 Å². The number of piperazine rings is 1. The number of esters is 1. The number of nitrogens with zero attached hydrogens (tertiary/aromatic N) is 2. The van der Waals surface area contributed by atoms with Gasteiger partial charge in [0.25, 0.3) is 5.91 Å². The minimum absolute atomic E-state index is 0.114. The lowest BCUT2D eigenvalue weighted by atomic mass is 10.2. The van der Waals surface area contributed by atoms with E-state index in [2.05, 4.69) is 0 Å². The summed E-state index contributed by atoms with van der Waals surface area (Å²) in [6.07, 6.45) is 0. The van der Waals surface area contributed by atoms with Crippen molar-refractivity contribution < 1.29 is 22.7 Å². The summed E-state index contributed by atoms with van der Waals surface area (Å²) in [5, 5.41) is 0.514. The number of hydrogen-bond donors (Lipinski definition) is 0. The van der Waals surface area contributed by atoms with E-state index in [0.717, 1.165) is 0 Å². The number of sulfonamides is 1. The molecule has 2 aromatic carbocycles. The molecule has 10 heteroatoms. The lowest BCUT2D eigenvalue weighted by molar-refractivity contribution is -0.135. The van der Waals surface area contributed by atoms with E-state index in [1.54, 1.807) is 18.2 Å². The predicted molar refractivity (Wildman–Crippen MR) is 109 cm³/mol. The average molecular weight is 457 g/mol. The number of rotatable bonds is 5. The molecule has 3 rings (SSSR count). The third-order valence-corrected chi connectivity index (χ3v) is 6.91. The van der Waals surface area contributed by atoms with Crippen molar-refractivity contribution in [2.24, 2.45) is 0 Å². The SMILES string of the molecule is O=C(OCC(=O)N1CCN(S(=O)(=O)c2ccccc2)CC1)c1ccc(Cl)cc1Cl. The zero-order chi connectivity index (χ0) is 21.0. The molecule has 0 aromatic heterocycles. The molecule has 1 heterocycles. The zero-order valence-electron chi connectivity index (χ0n) is 15.3. The Labute approximate surface area is 178 Å². The maximum atomic E-state index is 12.6. The van der Waals surface area contributed by atoms with Crippen molar-refractivity contribution in [3.05, 3.63) is 64.1 Å². The van der Waals surface area contributed by atoms with Crippen LogP contribution >= 0.6 is 23.2 Å². The molecule has 0 spiro atoms. The van der Waals surface area contributed by atoms with Gasteiger partial charge < -0.3 is 9.64 Å². The monoisotopic (exact) mass is 456 g/mol. The van der Waals surface area contributed by atoms with Crippen molar-refractivity contribution in [1.82, 2.24) is 9.21 Å². The van der Waals surface area contributed by atoms with Gasteiger partial charge in [-0.05, 0) is 30.3 Å². The molecule has 154 valence electrons. The van der Waals surface area contributed by atoms with Gasteiger partial charge in [0.2, 0.25) is 10.0 Å². The number of hydrogen-bond acceptors (Lipinski definition) is 5. The number of amides is 1. The third-order valence-electron chi connectivity index (χ3n) is 4.45. The number of halogens is 2. The first kappa shape index (κ1) is 21.6. The van der Waals surface area contributed by atoms with Crippen molar-refractivity contribution in [3.63, 3.8) is 0 Å². The van der Waals surface area contributed by atoms with Gasteiger partial charge >= 0.3 is 5.97 Å². The fraction of sp³-hybridized carbons (Fsp3) is 0.263. The van der Waals surface area contributed by atoms with E-state index < -0.39 is 28.5 Å². The summed E-state index contributed by atoms with van der Waals surface area (Å²) in [7, 11) is -3.60. The Bertz CT molecular complexity index is 1010. The fourth-order valence-electron chi connectivity index (χ4n) is 2.87. The Kier molecular flexibility index (Phi) is 6.79. The van der Waals surface area contributed by atoms with Crippen molar-refractivity contribution in [2.75, 3.05) is 32.8 Å². The molecule has 0 aliphatic carbocycles. The third kappa shape index (κ3) is 5.08. The average Bonchev–Trinajstić information content (AvgIpc) is 2.72. The van der Waals surface area contributed by atoms with Gasteiger partial charge in [-0.3, -0.25) is 4.79 Å². The van der Waals surface area contributed by atoms with E-state index in [9.17, 15) is 18.0 Å². The van der Waals surface area contributed by atoms with Crippen LogP contribution in [-0.2, 0) is 19.6 Å². The molecule has 0 radical (unpaired) electrons. The van der Waals surface area contributed by atoms with E-state index in [1.165, 1.54) is 39.5 Å². The van der Waals surface area contributed by atoms with Crippen molar-refractivity contribution in [3.8, 4) is 0 Å². The number of ether oxygens (including phenoxy) is 1. The largest absolute Gasteiger partial charge is 0.452 e. The highest BCUT2D eigenvalue weighted by molar-refractivity contribution is 7.89. The molecule has 0 atom stereocenters. The normalized spacial score (nSPS) is 15.2. The van der Waals surface area contributed by atoms with Gasteiger partial charge in [-0.1, -0.05) is 41.4 Å². The highest BCUT2D eigenvalue weighted by atomic mass is 35.5. The van der Waals surface area contributed by atoms with E-state index in [0.29, 0.717) is 5.02 Å². The molecule has 0 bridgehead atoms. The molecule has 0 saturated carbocycles. The summed E-state index contributed by atoms with van der Waals surface area (Å²) < 4.78 is 31.6. The van der Waals surface area contributed by atoms with Crippen LogP contribution < -0.4 is 0 Å². The van der Waals surface area contributed by atoms with Crippen molar-refractivity contribution in [2.45, 2.75) is 4.90 Å². The van der Waals surface area contributed by atoms with Crippen molar-refractivity contribution in [1.29, 1.82) is 0 Å². The molecule has 1 aliphatic heterocycles. The Morgan fingerprint density at radius 2 is 1.62 bits per heavy atom. The summed E-state index contributed by atoms with van der Waals surface area (Å²) in [6, 6.07) is 12.5. The molecule has 0 unspecified atom stereocenters. The van der Waals surface area contributed by atoms with Gasteiger partial charge in [-0.15, -0.1) is 0 Å². The first-order valence-electron chi connectivity index (χ1n) is 8.74. The van der Waals surface area contributed by atoms with Crippen LogP contribution in [0.1, 0.15) is 10.4 Å². The quantitative estimate of drug-likeness (QED) is 0.645. The van der Waals surface area contributed by atoms with Crippen LogP contribution in [0.2, 0.25) is 10.0 Å². The van der Waals surface area contributed by atoms with Crippen molar-refractivity contribution >= 4 is 45.1 Å². The summed E-state index contributed by atoms with van der Waals surface area (Å²) in [5.74, 6) is -1.13. The second-order valence-corrected chi connectivity index (χ2v) is 9.08. The van der Waals surface area contributed by atoms with Crippen LogP contribution in [0.5, 0.6) is 0 Å². The van der Waals surface area contributed by atoms with Crippen LogP contribution in [0.3, 0.4) is 0 Å². The fourth-order valence-corrected chi connectivity index (χ4v) is 4.80. The summed E-state index contributed by atoms with van der Waals surface area (Å²) >= 11 is 11.7. The standard InChI is InChI=1S/C19H18Cl2N2O5S/c20-14-6-7-16(17(21)12-14)19(25)28-13-18(24)22-8-10-23(11-9-22)29(26,27)15-4-2-1-3-5-15/h1-7,12H,8-11,13H2. The van der Waals surface area contributed by atoms with Crippen LogP contribution in [0, 0.1) is 0 Å². The summed E-state index contributed by atoms with van der Waals surface area (Å²) in [4.78, 5) is 26.1. The van der Waals surface area contributed by atoms with E-state index in [-0.39, 0.29) is 41.7 Å². The van der Waals surface area contributed by atoms with Crippen LogP contribution in [-0.4, -0.2) is 62.3 Å². The van der Waals surface area contributed by atoms with Gasteiger partial charge in [0.1, 0.15) is 0 Å². The predicted octanol–water partition coefficient (Wildman–Crippen LogP) is 2.68. The summed E-state index contributed by atoms with van der Waals surface area (Å²) in [6.45, 7) is 0.303. The maximum Gasteiger partial charge on any atom is 0.340 e. The highest BCUT2D eigenvalue weighted by Crippen LogP contribution is 2.22. The molecular formula is C19H18Cl2N2O5S. The van der Waals surface area contributed by atoms with Gasteiger partial charge in [-0.2, -0.15) is 4.31 Å². The van der Waals surface area contributed by atoms with Gasteiger partial charge in [-0.25, -0.2) is 13.2 Å². The second kappa shape index (κ2) is 9.13. The number of carbonyl (C=O) groups is 2. The lowest BCUT2D eigenvalue weighted by Gasteiger charge is -2.33. The van der Waals surface area contributed by atoms with Gasteiger partial charge in [0.15, 0.2) is 6.61 Å². The van der Waals surface area contributed by atoms with Gasteiger partial charge in [0, 0.05) is 31.2 Å². The molecule has 29 heavy (non-hydrogen) atoms. The first-order valence-corrected chi connectivity index (χ1v) is 10.9. The molecular weight excluding hydrogens is 439 g/mol. The molecule has 0 N–H and O–H groups in total. The van der Waals surface area contributed by atoms with Gasteiger partial charge in [0.05, 0.1) is 15.5 Å². The number of benzene rings is 2. The van der Waals surface area contributed by atoms with Crippen LogP contribution in [0.25, 0.3) is 0 Å². The van der Waals surface area contributed by atoms with E-state index >= 15 is 0 Å². The first-order chi connectivity index (χ1) is 13.8. The maximum absolute atomic E-state index is 12.6. The Balaban J connectivity index is 1.53. The molecule has 1 saturated heterocycles. The Hall–Kier alpha value is -2.13. The highest BCUT2D eigenvalue weighted by Gasteiger charge is 2.30. The molecule has 1 fully saturated rings. The molecule has 1 aliphatic rings. The Morgan fingerprint density at radius 1 is 0.966 bits per heavy atom. The van der Waals surface area contributed by atoms with Crippen LogP contribution in [0.4, 0.5) is 0 Å². The molecule has 7 nitrogen and oxygen atoms in total. The minimum atomic E-state index is -3.60. The lowest BCUT2D eigenvalue weighted by Crippen LogP contribution is -2.51. The molecule has 1 amide bonds. The molecule has 2 aromatic rings. The van der Waals surface area contributed by atoms with E-state index in [4.69, 9.17) is 27.9 Å². The summed E-state index contributed by atoms with van der Waals surface area (Å²) in [5.41, 5.74) is 0.114. The second-order valence-electron chi connectivity index (χ2n) is 6.30. The smallest absolute Gasteiger partial charge is 0.340 e. The Morgan fingerprint density at radius 3 is 2.24 bits per heavy atom. The zero-order valence-corrected chi connectivity index (χ0v) is 17.6. The van der Waals surface area contributed by atoms with E-state index in [1.807, 2.05) is 0 Å². The number of carbonyl (C=O) groups excluding carboxylic acids is 2.